The molecule has 1 aliphatic heterocycles. The van der Waals surface area contributed by atoms with E-state index in [9.17, 15) is 4.79 Å². The van der Waals surface area contributed by atoms with E-state index in [-0.39, 0.29) is 5.41 Å². The van der Waals surface area contributed by atoms with Gasteiger partial charge in [0.2, 0.25) is 5.91 Å². The molecule has 0 N–H and O–H groups in total. The Balaban J connectivity index is 1.96. The quantitative estimate of drug-likeness (QED) is 0.650. The lowest BCUT2D eigenvalue weighted by Crippen LogP contribution is -2.53. The molecule has 1 amide bonds. The van der Waals surface area contributed by atoms with Crippen molar-refractivity contribution in [1.82, 2.24) is 4.90 Å². The highest BCUT2D eigenvalue weighted by Crippen LogP contribution is 2.51. The number of amides is 1. The van der Waals surface area contributed by atoms with Crippen LogP contribution in [-0.2, 0) is 4.79 Å². The number of piperidine rings is 1. The average Bonchev–Trinajstić information content (AvgIpc) is 2.26. The van der Waals surface area contributed by atoms with Crippen LogP contribution in [0.4, 0.5) is 0 Å². The molecule has 2 heteroatoms. The van der Waals surface area contributed by atoms with Gasteiger partial charge in [0, 0.05) is 19.0 Å². The van der Waals surface area contributed by atoms with Crippen LogP contribution in [0.3, 0.4) is 0 Å². The molecule has 1 aliphatic carbocycles. The molecule has 2 atom stereocenters. The molecule has 1 unspecified atom stereocenters. The predicted molar refractivity (Wildman–Crippen MR) is 61.5 cm³/mol. The Kier molecular flexibility index (Phi) is 2.78. The van der Waals surface area contributed by atoms with Crippen LogP contribution < -0.4 is 0 Å². The van der Waals surface area contributed by atoms with Crippen molar-refractivity contribution in [2.45, 2.75) is 46.5 Å². The minimum atomic E-state index is 0.231. The van der Waals surface area contributed by atoms with Crippen molar-refractivity contribution in [3.8, 4) is 0 Å². The molecule has 1 saturated carbocycles. The third kappa shape index (κ3) is 1.79. The van der Waals surface area contributed by atoms with Gasteiger partial charge in [-0.2, -0.15) is 0 Å². The fraction of sp³-hybridized carbons (Fsp3) is 0.923. The summed E-state index contributed by atoms with van der Waals surface area (Å²) in [6, 6.07) is 0. The molecule has 0 bridgehead atoms. The fourth-order valence-corrected chi connectivity index (χ4v) is 2.90. The molecule has 0 radical (unpaired) electrons. The zero-order valence-electron chi connectivity index (χ0n) is 10.3. The van der Waals surface area contributed by atoms with Crippen molar-refractivity contribution in [1.29, 1.82) is 0 Å². The third-order valence-corrected chi connectivity index (χ3v) is 4.72. The number of rotatable bonds is 1. The SMILES string of the molecule is CC1C[C@H](C(=O)N2CCCCC2)C1(C)C. The van der Waals surface area contributed by atoms with Gasteiger partial charge in [-0.1, -0.05) is 20.8 Å². The fourth-order valence-electron chi connectivity index (χ4n) is 2.90. The Bertz CT molecular complexity index is 253. The summed E-state index contributed by atoms with van der Waals surface area (Å²) >= 11 is 0. The van der Waals surface area contributed by atoms with Crippen molar-refractivity contribution in [3.05, 3.63) is 0 Å². The first kappa shape index (κ1) is 11.0. The standard InChI is InChI=1S/C13H23NO/c1-10-9-11(13(10,2)3)12(15)14-7-5-4-6-8-14/h10-11H,4-9H2,1-3H3/t10?,11-/m1/s1. The lowest BCUT2D eigenvalue weighted by molar-refractivity contribution is -0.151. The second kappa shape index (κ2) is 3.80. The maximum Gasteiger partial charge on any atom is 0.226 e. The Morgan fingerprint density at radius 1 is 1.20 bits per heavy atom. The van der Waals surface area contributed by atoms with E-state index in [4.69, 9.17) is 0 Å². The van der Waals surface area contributed by atoms with Crippen molar-refractivity contribution in [2.75, 3.05) is 13.1 Å². The number of nitrogens with zero attached hydrogens (tertiary/aromatic N) is 1. The number of carbonyl (C=O) groups is 1. The Morgan fingerprint density at radius 3 is 2.27 bits per heavy atom. The summed E-state index contributed by atoms with van der Waals surface area (Å²) < 4.78 is 0. The lowest BCUT2D eigenvalue weighted by Gasteiger charge is -2.51. The van der Waals surface area contributed by atoms with E-state index in [1.165, 1.54) is 19.3 Å². The summed E-state index contributed by atoms with van der Waals surface area (Å²) in [6.45, 7) is 8.75. The van der Waals surface area contributed by atoms with Crippen LogP contribution in [-0.4, -0.2) is 23.9 Å². The topological polar surface area (TPSA) is 20.3 Å². The van der Waals surface area contributed by atoms with Gasteiger partial charge in [-0.25, -0.2) is 0 Å². The van der Waals surface area contributed by atoms with E-state index in [1.807, 2.05) is 0 Å². The van der Waals surface area contributed by atoms with E-state index in [2.05, 4.69) is 25.7 Å². The zero-order valence-corrected chi connectivity index (χ0v) is 10.3. The van der Waals surface area contributed by atoms with E-state index in [0.717, 1.165) is 19.5 Å². The normalized spacial score (nSPS) is 34.7. The Hall–Kier alpha value is -0.530. The molecule has 0 spiro atoms. The molecule has 0 aromatic heterocycles. The summed E-state index contributed by atoms with van der Waals surface area (Å²) in [4.78, 5) is 14.4. The van der Waals surface area contributed by atoms with Crippen LogP contribution in [0.5, 0.6) is 0 Å². The van der Waals surface area contributed by atoms with E-state index < -0.39 is 0 Å². The van der Waals surface area contributed by atoms with Gasteiger partial charge in [-0.3, -0.25) is 4.79 Å². The number of likely N-dealkylation sites (tertiary alicyclic amines) is 1. The lowest BCUT2D eigenvalue weighted by atomic mass is 9.55. The highest BCUT2D eigenvalue weighted by molar-refractivity contribution is 5.80. The number of hydrogen-bond donors (Lipinski definition) is 0. The summed E-state index contributed by atoms with van der Waals surface area (Å²) in [6.07, 6.45) is 4.81. The molecule has 2 rings (SSSR count). The molecular weight excluding hydrogens is 186 g/mol. The minimum absolute atomic E-state index is 0.231. The second-order valence-corrected chi connectivity index (χ2v) is 5.90. The maximum atomic E-state index is 12.3. The van der Waals surface area contributed by atoms with Crippen LogP contribution in [0, 0.1) is 17.3 Å². The summed E-state index contributed by atoms with van der Waals surface area (Å²) in [5.74, 6) is 1.43. The van der Waals surface area contributed by atoms with Crippen molar-refractivity contribution in [3.63, 3.8) is 0 Å². The molecular formula is C13H23NO. The van der Waals surface area contributed by atoms with E-state index in [1.54, 1.807) is 0 Å². The molecule has 1 saturated heterocycles. The summed E-state index contributed by atoms with van der Waals surface area (Å²) in [5, 5.41) is 0. The largest absolute Gasteiger partial charge is 0.342 e. The van der Waals surface area contributed by atoms with Gasteiger partial charge >= 0.3 is 0 Å². The van der Waals surface area contributed by atoms with Gasteiger partial charge in [-0.05, 0) is 37.0 Å². The van der Waals surface area contributed by atoms with Crippen LogP contribution in [0.15, 0.2) is 0 Å². The zero-order chi connectivity index (χ0) is 11.1. The second-order valence-electron chi connectivity index (χ2n) is 5.90. The van der Waals surface area contributed by atoms with Gasteiger partial charge in [0.25, 0.3) is 0 Å². The highest BCUT2D eigenvalue weighted by Gasteiger charge is 2.50. The van der Waals surface area contributed by atoms with Crippen LogP contribution in [0.25, 0.3) is 0 Å². The monoisotopic (exact) mass is 209 g/mol. The van der Waals surface area contributed by atoms with E-state index in [0.29, 0.717) is 17.7 Å². The van der Waals surface area contributed by atoms with Gasteiger partial charge in [0.05, 0.1) is 0 Å². The van der Waals surface area contributed by atoms with Gasteiger partial charge in [0.15, 0.2) is 0 Å². The molecule has 0 aromatic carbocycles. The van der Waals surface area contributed by atoms with E-state index >= 15 is 0 Å². The van der Waals surface area contributed by atoms with Crippen molar-refractivity contribution < 1.29 is 4.79 Å². The van der Waals surface area contributed by atoms with Crippen LogP contribution in [0.1, 0.15) is 46.5 Å². The number of carbonyl (C=O) groups excluding carboxylic acids is 1. The minimum Gasteiger partial charge on any atom is -0.342 e. The van der Waals surface area contributed by atoms with Crippen LogP contribution >= 0.6 is 0 Å². The molecule has 15 heavy (non-hydrogen) atoms. The third-order valence-electron chi connectivity index (χ3n) is 4.72. The smallest absolute Gasteiger partial charge is 0.226 e. The molecule has 86 valence electrons. The first-order chi connectivity index (χ1) is 7.03. The molecule has 2 aliphatic rings. The highest BCUT2D eigenvalue weighted by atomic mass is 16.2. The molecule has 0 aromatic rings. The summed E-state index contributed by atoms with van der Waals surface area (Å²) in [5.41, 5.74) is 0.231. The Morgan fingerprint density at radius 2 is 1.80 bits per heavy atom. The first-order valence-electron chi connectivity index (χ1n) is 6.32. The van der Waals surface area contributed by atoms with Crippen molar-refractivity contribution >= 4 is 5.91 Å². The van der Waals surface area contributed by atoms with Crippen LogP contribution in [0.2, 0.25) is 0 Å². The molecule has 2 fully saturated rings. The first-order valence-corrected chi connectivity index (χ1v) is 6.32. The summed E-state index contributed by atoms with van der Waals surface area (Å²) in [7, 11) is 0. The van der Waals surface area contributed by atoms with Gasteiger partial charge in [0.1, 0.15) is 0 Å². The average molecular weight is 209 g/mol. The molecule has 2 nitrogen and oxygen atoms in total. The number of hydrogen-bond acceptors (Lipinski definition) is 1. The van der Waals surface area contributed by atoms with Gasteiger partial charge < -0.3 is 4.90 Å². The van der Waals surface area contributed by atoms with Crippen molar-refractivity contribution in [2.24, 2.45) is 17.3 Å². The van der Waals surface area contributed by atoms with Gasteiger partial charge in [-0.15, -0.1) is 0 Å². The Labute approximate surface area is 93.0 Å². The predicted octanol–water partition coefficient (Wildman–Crippen LogP) is 2.68. The maximum absolute atomic E-state index is 12.3. The molecule has 1 heterocycles.